The molecule has 0 spiro atoms. The van der Waals surface area contributed by atoms with Gasteiger partial charge in [-0.3, -0.25) is 9.69 Å². The number of hydrogen-bond donors (Lipinski definition) is 2. The van der Waals surface area contributed by atoms with Crippen LogP contribution >= 0.6 is 0 Å². The van der Waals surface area contributed by atoms with E-state index >= 15 is 0 Å². The zero-order valence-corrected chi connectivity index (χ0v) is 11.3. The fraction of sp³-hybridized carbons (Fsp3) is 0.917. The number of amides is 1. The molecule has 5 heteroatoms. The fourth-order valence-corrected chi connectivity index (χ4v) is 1.82. The number of morpholine rings is 1. The minimum atomic E-state index is -0.122. The average molecular weight is 243 g/mol. The molecule has 2 N–H and O–H groups in total. The highest BCUT2D eigenvalue weighted by Gasteiger charge is 2.22. The molecular weight excluding hydrogens is 218 g/mol. The minimum Gasteiger partial charge on any atom is -0.374 e. The van der Waals surface area contributed by atoms with Crippen LogP contribution in [-0.4, -0.2) is 62.3 Å². The van der Waals surface area contributed by atoms with E-state index in [9.17, 15) is 4.79 Å². The van der Waals surface area contributed by atoms with Crippen LogP contribution in [0.1, 0.15) is 20.8 Å². The maximum absolute atomic E-state index is 11.8. The fourth-order valence-electron chi connectivity index (χ4n) is 1.82. The summed E-state index contributed by atoms with van der Waals surface area (Å²) in [4.78, 5) is 13.9. The quantitative estimate of drug-likeness (QED) is 0.703. The lowest BCUT2D eigenvalue weighted by atomic mass is 10.2. The van der Waals surface area contributed by atoms with Crippen LogP contribution in [0.25, 0.3) is 0 Å². The zero-order chi connectivity index (χ0) is 12.8. The number of carbonyl (C=O) groups excluding carboxylic acids is 1. The molecule has 0 bridgehead atoms. The first-order valence-electron chi connectivity index (χ1n) is 6.33. The molecule has 1 rings (SSSR count). The first kappa shape index (κ1) is 14.4. The Kier molecular flexibility index (Phi) is 5.88. The summed E-state index contributed by atoms with van der Waals surface area (Å²) in [6.45, 7) is 9.18. The lowest BCUT2D eigenvalue weighted by molar-refractivity contribution is -0.126. The van der Waals surface area contributed by atoms with Crippen LogP contribution < -0.4 is 10.6 Å². The second-order valence-corrected chi connectivity index (χ2v) is 4.98. The highest BCUT2D eigenvalue weighted by atomic mass is 16.5. The van der Waals surface area contributed by atoms with E-state index in [4.69, 9.17) is 4.74 Å². The molecule has 1 amide bonds. The average Bonchev–Trinajstić information content (AvgIpc) is 2.28. The number of rotatable bonds is 5. The summed E-state index contributed by atoms with van der Waals surface area (Å²) in [5.41, 5.74) is 0. The molecule has 1 aliphatic heterocycles. The van der Waals surface area contributed by atoms with Crippen molar-refractivity contribution in [2.45, 2.75) is 39.0 Å². The van der Waals surface area contributed by atoms with Crippen molar-refractivity contribution in [3.05, 3.63) is 0 Å². The topological polar surface area (TPSA) is 53.6 Å². The Morgan fingerprint density at radius 3 is 2.76 bits per heavy atom. The highest BCUT2D eigenvalue weighted by Crippen LogP contribution is 2.03. The van der Waals surface area contributed by atoms with Gasteiger partial charge >= 0.3 is 0 Å². The predicted molar refractivity (Wildman–Crippen MR) is 68.0 cm³/mol. The summed E-state index contributed by atoms with van der Waals surface area (Å²) in [5.74, 6) is 0.0752. The van der Waals surface area contributed by atoms with E-state index in [1.165, 1.54) is 0 Å². The zero-order valence-electron chi connectivity index (χ0n) is 11.3. The van der Waals surface area contributed by atoms with E-state index < -0.39 is 0 Å². The third-order valence-electron chi connectivity index (χ3n) is 2.97. The standard InChI is InChI=1S/C12H25N3O2/c1-9(2)14-12(16)10(3)15(4)8-11-7-13-5-6-17-11/h9-11,13H,5-8H2,1-4H3,(H,14,16). The molecule has 1 saturated heterocycles. The van der Waals surface area contributed by atoms with Gasteiger partial charge in [0.2, 0.25) is 5.91 Å². The molecule has 0 aliphatic carbocycles. The number of ether oxygens (including phenoxy) is 1. The Labute approximate surface area is 104 Å². The molecule has 1 fully saturated rings. The predicted octanol–water partition coefficient (Wildman–Crippen LogP) is -0.180. The number of nitrogens with one attached hydrogen (secondary N) is 2. The first-order chi connectivity index (χ1) is 8.00. The van der Waals surface area contributed by atoms with Crippen molar-refractivity contribution in [2.24, 2.45) is 0 Å². The number of carbonyl (C=O) groups is 1. The second kappa shape index (κ2) is 6.93. The maximum atomic E-state index is 11.8. The van der Waals surface area contributed by atoms with Gasteiger partial charge in [0.25, 0.3) is 0 Å². The van der Waals surface area contributed by atoms with Crippen molar-refractivity contribution in [2.75, 3.05) is 33.3 Å². The smallest absolute Gasteiger partial charge is 0.237 e. The van der Waals surface area contributed by atoms with E-state index in [0.717, 1.165) is 26.2 Å². The monoisotopic (exact) mass is 243 g/mol. The molecule has 2 atom stereocenters. The van der Waals surface area contributed by atoms with Gasteiger partial charge in [-0.25, -0.2) is 0 Å². The Morgan fingerprint density at radius 1 is 1.53 bits per heavy atom. The van der Waals surface area contributed by atoms with Gasteiger partial charge in [0, 0.05) is 25.7 Å². The number of hydrogen-bond acceptors (Lipinski definition) is 4. The first-order valence-corrected chi connectivity index (χ1v) is 6.33. The summed E-state index contributed by atoms with van der Waals surface area (Å²) in [7, 11) is 1.96. The Bertz CT molecular complexity index is 240. The molecule has 0 saturated carbocycles. The Hall–Kier alpha value is -0.650. The molecule has 0 aromatic carbocycles. The van der Waals surface area contributed by atoms with Gasteiger partial charge in [0.1, 0.15) is 0 Å². The highest BCUT2D eigenvalue weighted by molar-refractivity contribution is 5.81. The van der Waals surface area contributed by atoms with Crippen molar-refractivity contribution in [3.63, 3.8) is 0 Å². The lowest BCUT2D eigenvalue weighted by Gasteiger charge is -2.31. The molecule has 1 aliphatic rings. The second-order valence-electron chi connectivity index (χ2n) is 4.98. The molecule has 0 radical (unpaired) electrons. The van der Waals surface area contributed by atoms with Crippen LogP contribution in [0, 0.1) is 0 Å². The minimum absolute atomic E-state index is 0.0752. The van der Waals surface area contributed by atoms with Crippen LogP contribution in [0.2, 0.25) is 0 Å². The molecule has 1 heterocycles. The Morgan fingerprint density at radius 2 is 2.24 bits per heavy atom. The third-order valence-corrected chi connectivity index (χ3v) is 2.97. The van der Waals surface area contributed by atoms with Gasteiger partial charge < -0.3 is 15.4 Å². The van der Waals surface area contributed by atoms with Gasteiger partial charge in [-0.1, -0.05) is 0 Å². The summed E-state index contributed by atoms with van der Waals surface area (Å²) in [6.07, 6.45) is 0.183. The van der Waals surface area contributed by atoms with E-state index in [-0.39, 0.29) is 24.1 Å². The lowest BCUT2D eigenvalue weighted by Crippen LogP contribution is -2.50. The van der Waals surface area contributed by atoms with Crippen molar-refractivity contribution >= 4 is 5.91 Å². The normalized spacial score (nSPS) is 22.8. The summed E-state index contributed by atoms with van der Waals surface area (Å²) in [6, 6.07) is 0.0638. The molecule has 2 unspecified atom stereocenters. The summed E-state index contributed by atoms with van der Waals surface area (Å²) in [5, 5.41) is 6.21. The van der Waals surface area contributed by atoms with Crippen LogP contribution in [0.5, 0.6) is 0 Å². The Balaban J connectivity index is 2.34. The largest absolute Gasteiger partial charge is 0.374 e. The van der Waals surface area contributed by atoms with Crippen molar-refractivity contribution < 1.29 is 9.53 Å². The molecular formula is C12H25N3O2. The van der Waals surface area contributed by atoms with E-state index in [1.54, 1.807) is 0 Å². The number of likely N-dealkylation sites (N-methyl/N-ethyl adjacent to an activating group) is 1. The van der Waals surface area contributed by atoms with Crippen LogP contribution in [0.15, 0.2) is 0 Å². The van der Waals surface area contributed by atoms with Gasteiger partial charge in [-0.05, 0) is 27.8 Å². The van der Waals surface area contributed by atoms with Crippen molar-refractivity contribution in [3.8, 4) is 0 Å². The maximum Gasteiger partial charge on any atom is 0.237 e. The molecule has 17 heavy (non-hydrogen) atoms. The molecule has 5 nitrogen and oxygen atoms in total. The number of nitrogens with zero attached hydrogens (tertiary/aromatic N) is 1. The van der Waals surface area contributed by atoms with Crippen LogP contribution in [-0.2, 0) is 9.53 Å². The van der Waals surface area contributed by atoms with Gasteiger partial charge in [0.15, 0.2) is 0 Å². The van der Waals surface area contributed by atoms with Crippen molar-refractivity contribution in [1.29, 1.82) is 0 Å². The van der Waals surface area contributed by atoms with Crippen molar-refractivity contribution in [1.82, 2.24) is 15.5 Å². The SMILES string of the molecule is CC(C)NC(=O)C(C)N(C)CC1CNCCO1. The summed E-state index contributed by atoms with van der Waals surface area (Å²) >= 11 is 0. The van der Waals surface area contributed by atoms with E-state index in [2.05, 4.69) is 10.6 Å². The van der Waals surface area contributed by atoms with E-state index in [0.29, 0.717) is 0 Å². The molecule has 100 valence electrons. The van der Waals surface area contributed by atoms with Crippen LogP contribution in [0.4, 0.5) is 0 Å². The third kappa shape index (κ3) is 5.02. The van der Waals surface area contributed by atoms with E-state index in [1.807, 2.05) is 32.7 Å². The van der Waals surface area contributed by atoms with Gasteiger partial charge in [-0.15, -0.1) is 0 Å². The van der Waals surface area contributed by atoms with Gasteiger partial charge in [-0.2, -0.15) is 0 Å². The molecule has 0 aromatic heterocycles. The molecule has 0 aromatic rings. The van der Waals surface area contributed by atoms with Crippen LogP contribution in [0.3, 0.4) is 0 Å². The summed E-state index contributed by atoms with van der Waals surface area (Å²) < 4.78 is 5.62. The van der Waals surface area contributed by atoms with Gasteiger partial charge in [0.05, 0.1) is 18.8 Å².